The van der Waals surface area contributed by atoms with E-state index < -0.39 is 0 Å². The lowest BCUT2D eigenvalue weighted by Crippen LogP contribution is -2.10. The molecule has 2 heterocycles. The Bertz CT molecular complexity index is 834. The quantitative estimate of drug-likeness (QED) is 0.688. The zero-order chi connectivity index (χ0) is 17.6. The normalized spacial score (nSPS) is 11.2. The molecule has 0 fully saturated rings. The number of nitrogens with one attached hydrogen (secondary N) is 1. The van der Waals surface area contributed by atoms with Crippen molar-refractivity contribution in [2.24, 2.45) is 5.92 Å². The summed E-state index contributed by atoms with van der Waals surface area (Å²) in [5, 5.41) is 13.5. The number of aromatic nitrogens is 3. The van der Waals surface area contributed by atoms with Gasteiger partial charge in [-0.15, -0.1) is 0 Å². The van der Waals surface area contributed by atoms with Crippen LogP contribution in [0.2, 0.25) is 0 Å². The molecule has 2 N–H and O–H groups in total. The number of fused-ring (bicyclic) bond motifs is 1. The van der Waals surface area contributed by atoms with Gasteiger partial charge in [-0.05, 0) is 41.7 Å². The van der Waals surface area contributed by atoms with Crippen molar-refractivity contribution in [2.75, 3.05) is 18.5 Å². The van der Waals surface area contributed by atoms with Crippen molar-refractivity contribution in [1.82, 2.24) is 15.0 Å². The van der Waals surface area contributed by atoms with Crippen LogP contribution < -0.4 is 5.32 Å². The predicted molar refractivity (Wildman–Crippen MR) is 102 cm³/mol. The van der Waals surface area contributed by atoms with Gasteiger partial charge in [-0.25, -0.2) is 9.97 Å². The van der Waals surface area contributed by atoms with E-state index in [4.69, 9.17) is 9.97 Å². The molecule has 25 heavy (non-hydrogen) atoms. The van der Waals surface area contributed by atoms with E-state index in [0.29, 0.717) is 12.5 Å². The Kier molecular flexibility index (Phi) is 5.56. The summed E-state index contributed by atoms with van der Waals surface area (Å²) in [6, 6.07) is 10.1. The van der Waals surface area contributed by atoms with Crippen LogP contribution in [0, 0.1) is 5.92 Å². The summed E-state index contributed by atoms with van der Waals surface area (Å²) in [6.45, 7) is 4.92. The molecule has 0 bridgehead atoms. The fourth-order valence-electron chi connectivity index (χ4n) is 2.83. The average Bonchev–Trinajstić information content (AvgIpc) is 2.64. The largest absolute Gasteiger partial charge is 0.395 e. The van der Waals surface area contributed by atoms with Gasteiger partial charge in [-0.1, -0.05) is 26.0 Å². The number of rotatable bonds is 7. The lowest BCUT2D eigenvalue weighted by atomic mass is 10.0. The minimum absolute atomic E-state index is 0.0598. The molecular weight excluding hydrogens is 312 g/mol. The van der Waals surface area contributed by atoms with E-state index in [0.717, 1.165) is 46.5 Å². The summed E-state index contributed by atoms with van der Waals surface area (Å²) in [7, 11) is 0. The molecule has 0 aliphatic rings. The molecule has 130 valence electrons. The number of hydrogen-bond donors (Lipinski definition) is 2. The summed E-state index contributed by atoms with van der Waals surface area (Å²) in [5.74, 6) is 2.23. The third kappa shape index (κ3) is 4.12. The molecule has 0 radical (unpaired) electrons. The minimum Gasteiger partial charge on any atom is -0.395 e. The Labute approximate surface area is 148 Å². The first-order valence-corrected chi connectivity index (χ1v) is 8.74. The van der Waals surface area contributed by atoms with E-state index in [9.17, 15) is 5.11 Å². The molecule has 0 saturated heterocycles. The van der Waals surface area contributed by atoms with Gasteiger partial charge in [0.2, 0.25) is 0 Å². The summed E-state index contributed by atoms with van der Waals surface area (Å²) >= 11 is 0. The molecule has 0 aliphatic carbocycles. The van der Waals surface area contributed by atoms with Gasteiger partial charge in [0.15, 0.2) is 0 Å². The van der Waals surface area contributed by atoms with Crippen LogP contribution in [-0.4, -0.2) is 33.2 Å². The Morgan fingerprint density at radius 1 is 1.08 bits per heavy atom. The molecule has 0 unspecified atom stereocenters. The first-order valence-electron chi connectivity index (χ1n) is 8.74. The maximum atomic E-state index is 9.22. The summed E-state index contributed by atoms with van der Waals surface area (Å²) in [6.07, 6.45) is 5.47. The summed E-state index contributed by atoms with van der Waals surface area (Å²) in [5.41, 5.74) is 3.06. The second-order valence-electron chi connectivity index (χ2n) is 6.51. The topological polar surface area (TPSA) is 70.9 Å². The van der Waals surface area contributed by atoms with E-state index >= 15 is 0 Å². The van der Waals surface area contributed by atoms with Crippen LogP contribution in [0.25, 0.3) is 22.0 Å². The van der Waals surface area contributed by atoms with Gasteiger partial charge in [0, 0.05) is 25.4 Å². The van der Waals surface area contributed by atoms with E-state index in [-0.39, 0.29) is 6.61 Å². The molecule has 0 amide bonds. The molecule has 0 atom stereocenters. The lowest BCUT2D eigenvalue weighted by Gasteiger charge is -2.14. The van der Waals surface area contributed by atoms with Crippen LogP contribution in [0.3, 0.4) is 0 Å². The number of nitrogens with zero attached hydrogens (tertiary/aromatic N) is 3. The second-order valence-corrected chi connectivity index (χ2v) is 6.51. The lowest BCUT2D eigenvalue weighted by molar-refractivity contribution is 0.311. The highest BCUT2D eigenvalue weighted by Crippen LogP contribution is 2.32. The van der Waals surface area contributed by atoms with Crippen molar-refractivity contribution in [3.05, 3.63) is 48.5 Å². The van der Waals surface area contributed by atoms with Gasteiger partial charge >= 0.3 is 0 Å². The third-order valence-corrected chi connectivity index (χ3v) is 4.11. The van der Waals surface area contributed by atoms with Crippen molar-refractivity contribution in [3.63, 3.8) is 0 Å². The van der Waals surface area contributed by atoms with Gasteiger partial charge in [0.25, 0.3) is 0 Å². The fourth-order valence-corrected chi connectivity index (χ4v) is 2.83. The van der Waals surface area contributed by atoms with Crippen LogP contribution in [0.15, 0.2) is 42.7 Å². The predicted octanol–water partition coefficient (Wildman–Crippen LogP) is 3.68. The molecular formula is C20H24N4O. The van der Waals surface area contributed by atoms with E-state index in [1.165, 1.54) is 0 Å². The first kappa shape index (κ1) is 17.3. The molecule has 0 saturated carbocycles. The summed E-state index contributed by atoms with van der Waals surface area (Å²) < 4.78 is 0. The Hall–Kier alpha value is -2.53. The van der Waals surface area contributed by atoms with Crippen molar-refractivity contribution in [1.29, 1.82) is 0 Å². The van der Waals surface area contributed by atoms with Crippen molar-refractivity contribution < 1.29 is 5.11 Å². The molecule has 5 heteroatoms. The highest BCUT2D eigenvalue weighted by Gasteiger charge is 2.13. The molecule has 0 spiro atoms. The Morgan fingerprint density at radius 2 is 1.88 bits per heavy atom. The molecule has 0 aliphatic heterocycles. The van der Waals surface area contributed by atoms with Gasteiger partial charge in [-0.3, -0.25) is 4.98 Å². The maximum absolute atomic E-state index is 9.22. The number of aryl methyl sites for hydroxylation is 1. The van der Waals surface area contributed by atoms with E-state index in [2.05, 4.69) is 30.2 Å². The number of hydrogen-bond acceptors (Lipinski definition) is 5. The summed E-state index contributed by atoms with van der Waals surface area (Å²) in [4.78, 5) is 13.6. The molecule has 5 nitrogen and oxygen atoms in total. The average molecular weight is 336 g/mol. The van der Waals surface area contributed by atoms with Crippen molar-refractivity contribution in [2.45, 2.75) is 26.7 Å². The van der Waals surface area contributed by atoms with Crippen LogP contribution in [0.1, 0.15) is 26.1 Å². The SMILES string of the molecule is CC(C)CCc1nc(NCCO)c2c(-c3ccncc3)cccc2n1. The molecule has 1 aromatic carbocycles. The van der Waals surface area contributed by atoms with E-state index in [1.807, 2.05) is 24.3 Å². The third-order valence-electron chi connectivity index (χ3n) is 4.11. The van der Waals surface area contributed by atoms with Crippen LogP contribution >= 0.6 is 0 Å². The first-order chi connectivity index (χ1) is 12.2. The highest BCUT2D eigenvalue weighted by molar-refractivity contribution is 6.01. The van der Waals surface area contributed by atoms with Crippen LogP contribution in [0.4, 0.5) is 5.82 Å². The number of pyridine rings is 1. The van der Waals surface area contributed by atoms with Crippen LogP contribution in [-0.2, 0) is 6.42 Å². The van der Waals surface area contributed by atoms with Gasteiger partial charge in [0.05, 0.1) is 17.5 Å². The number of benzene rings is 1. The maximum Gasteiger partial charge on any atom is 0.138 e. The fraction of sp³-hybridized carbons (Fsp3) is 0.350. The van der Waals surface area contributed by atoms with Crippen molar-refractivity contribution in [3.8, 4) is 11.1 Å². The van der Waals surface area contributed by atoms with Gasteiger partial charge < -0.3 is 10.4 Å². The zero-order valence-electron chi connectivity index (χ0n) is 14.7. The Morgan fingerprint density at radius 3 is 2.60 bits per heavy atom. The monoisotopic (exact) mass is 336 g/mol. The minimum atomic E-state index is 0.0598. The number of aliphatic hydroxyl groups excluding tert-OH is 1. The highest BCUT2D eigenvalue weighted by atomic mass is 16.3. The number of anilines is 1. The van der Waals surface area contributed by atoms with Gasteiger partial charge in [0.1, 0.15) is 11.6 Å². The molecule has 3 rings (SSSR count). The second kappa shape index (κ2) is 8.03. The molecule has 3 aromatic rings. The van der Waals surface area contributed by atoms with Crippen molar-refractivity contribution >= 4 is 16.7 Å². The van der Waals surface area contributed by atoms with E-state index in [1.54, 1.807) is 12.4 Å². The zero-order valence-corrected chi connectivity index (χ0v) is 14.7. The number of aliphatic hydroxyl groups is 1. The Balaban J connectivity index is 2.12. The molecule has 2 aromatic heterocycles. The smallest absolute Gasteiger partial charge is 0.138 e. The standard InChI is InChI=1S/C20H24N4O/c1-14(2)6-7-18-23-17-5-3-4-16(15-8-10-21-11-9-15)19(17)20(24-18)22-12-13-25/h3-5,8-11,14,25H,6-7,12-13H2,1-2H3,(H,22,23,24). The van der Waals surface area contributed by atoms with Gasteiger partial charge in [-0.2, -0.15) is 0 Å². The van der Waals surface area contributed by atoms with Crippen LogP contribution in [0.5, 0.6) is 0 Å².